The molecular weight excluding hydrogens is 299 g/mol. The first-order valence-electron chi connectivity index (χ1n) is 6.64. The van der Waals surface area contributed by atoms with Crippen LogP contribution in [0.1, 0.15) is 10.4 Å². The highest BCUT2D eigenvalue weighted by molar-refractivity contribution is 6.36. The Morgan fingerprint density at radius 2 is 1.80 bits per heavy atom. The molecule has 20 heavy (non-hydrogen) atoms. The van der Waals surface area contributed by atoms with Gasteiger partial charge in [0.1, 0.15) is 0 Å². The van der Waals surface area contributed by atoms with Crippen LogP contribution in [0.2, 0.25) is 10.0 Å². The Hall–Kier alpha value is -0.650. The fourth-order valence-electron chi connectivity index (χ4n) is 2.32. The van der Waals surface area contributed by atoms with Crippen LogP contribution in [-0.2, 0) is 0 Å². The van der Waals surface area contributed by atoms with Crippen molar-refractivity contribution in [3.05, 3.63) is 33.8 Å². The number of rotatable bonds is 5. The summed E-state index contributed by atoms with van der Waals surface area (Å²) in [6, 6.07) is 4.95. The van der Waals surface area contributed by atoms with Gasteiger partial charge in [-0.15, -0.1) is 0 Å². The molecule has 0 spiro atoms. The lowest BCUT2D eigenvalue weighted by Crippen LogP contribution is -2.48. The lowest BCUT2D eigenvalue weighted by atomic mass is 10.1. The van der Waals surface area contributed by atoms with Crippen molar-refractivity contribution >= 4 is 29.0 Å². The van der Waals surface area contributed by atoms with Crippen LogP contribution in [0.15, 0.2) is 18.2 Å². The number of β-amino-alcohol motifs (C(OH)–C–C–N with tert-alkyl or cyclic N) is 1. The normalized spacial score (nSPS) is 17.4. The second-order valence-electron chi connectivity index (χ2n) is 4.89. The molecule has 1 fully saturated rings. The van der Waals surface area contributed by atoms with Crippen molar-refractivity contribution in [3.8, 4) is 0 Å². The van der Waals surface area contributed by atoms with E-state index in [-0.39, 0.29) is 12.4 Å². The van der Waals surface area contributed by atoms with Gasteiger partial charge >= 0.3 is 0 Å². The van der Waals surface area contributed by atoms with Crippen LogP contribution in [0.25, 0.3) is 0 Å². The predicted octanol–water partition coefficient (Wildman–Crippen LogP) is 1.79. The van der Waals surface area contributed by atoms with E-state index in [2.05, 4.69) is 9.80 Å². The number of carbonyl (C=O) groups is 1. The molecule has 1 heterocycles. The minimum Gasteiger partial charge on any atom is -0.395 e. The third-order valence-electron chi connectivity index (χ3n) is 3.48. The summed E-state index contributed by atoms with van der Waals surface area (Å²) in [5.41, 5.74) is 0.522. The fourth-order valence-corrected chi connectivity index (χ4v) is 2.83. The van der Waals surface area contributed by atoms with E-state index in [4.69, 9.17) is 28.3 Å². The van der Waals surface area contributed by atoms with Gasteiger partial charge in [0.25, 0.3) is 0 Å². The molecule has 0 bridgehead atoms. The lowest BCUT2D eigenvalue weighted by Gasteiger charge is -2.33. The molecule has 4 nitrogen and oxygen atoms in total. The molecule has 1 aromatic rings. The van der Waals surface area contributed by atoms with Gasteiger partial charge < -0.3 is 5.11 Å². The maximum atomic E-state index is 12.2. The van der Waals surface area contributed by atoms with Gasteiger partial charge in [0.15, 0.2) is 5.78 Å². The quantitative estimate of drug-likeness (QED) is 0.841. The Labute approximate surface area is 128 Å². The van der Waals surface area contributed by atoms with E-state index >= 15 is 0 Å². The lowest BCUT2D eigenvalue weighted by molar-refractivity contribution is 0.0823. The zero-order valence-corrected chi connectivity index (χ0v) is 12.7. The summed E-state index contributed by atoms with van der Waals surface area (Å²) in [6.45, 7) is 4.66. The first-order valence-corrected chi connectivity index (χ1v) is 7.39. The van der Waals surface area contributed by atoms with Crippen LogP contribution >= 0.6 is 23.2 Å². The highest BCUT2D eigenvalue weighted by Gasteiger charge is 2.20. The molecule has 1 aliphatic rings. The molecule has 0 atom stereocenters. The number of halogens is 2. The summed E-state index contributed by atoms with van der Waals surface area (Å²) < 4.78 is 0. The van der Waals surface area contributed by atoms with Crippen molar-refractivity contribution in [1.29, 1.82) is 0 Å². The number of piperazine rings is 1. The molecule has 1 aliphatic heterocycles. The van der Waals surface area contributed by atoms with E-state index in [9.17, 15) is 4.79 Å². The summed E-state index contributed by atoms with van der Waals surface area (Å²) in [6.07, 6.45) is 0. The molecule has 0 radical (unpaired) electrons. The first kappa shape index (κ1) is 15.7. The molecular formula is C14H18Cl2N2O2. The molecule has 6 heteroatoms. The minimum absolute atomic E-state index is 0.0160. The second kappa shape index (κ2) is 7.38. The van der Waals surface area contributed by atoms with Crippen molar-refractivity contribution in [2.24, 2.45) is 0 Å². The first-order chi connectivity index (χ1) is 9.60. The fraction of sp³-hybridized carbons (Fsp3) is 0.500. The summed E-state index contributed by atoms with van der Waals surface area (Å²) >= 11 is 11.9. The van der Waals surface area contributed by atoms with Crippen molar-refractivity contribution in [3.63, 3.8) is 0 Å². The molecule has 0 aromatic heterocycles. The number of ketones is 1. The van der Waals surface area contributed by atoms with Gasteiger partial charge in [-0.25, -0.2) is 0 Å². The van der Waals surface area contributed by atoms with Gasteiger partial charge in [-0.2, -0.15) is 0 Å². The number of hydrogen-bond acceptors (Lipinski definition) is 4. The topological polar surface area (TPSA) is 43.8 Å². The number of aliphatic hydroxyl groups excluding tert-OH is 1. The monoisotopic (exact) mass is 316 g/mol. The number of hydrogen-bond donors (Lipinski definition) is 1. The maximum Gasteiger partial charge on any atom is 0.178 e. The third kappa shape index (κ3) is 4.17. The number of nitrogens with zero attached hydrogens (tertiary/aromatic N) is 2. The molecule has 0 amide bonds. The maximum absolute atomic E-state index is 12.2. The van der Waals surface area contributed by atoms with Crippen molar-refractivity contribution in [2.45, 2.75) is 0 Å². The molecule has 0 saturated carbocycles. The van der Waals surface area contributed by atoms with E-state index in [1.165, 1.54) is 0 Å². The molecule has 1 N–H and O–H groups in total. The summed E-state index contributed by atoms with van der Waals surface area (Å²) in [5, 5.41) is 9.83. The van der Waals surface area contributed by atoms with Crippen LogP contribution in [-0.4, -0.2) is 66.6 Å². The number of benzene rings is 1. The molecule has 110 valence electrons. The van der Waals surface area contributed by atoms with E-state index in [1.807, 2.05) is 0 Å². The smallest absolute Gasteiger partial charge is 0.178 e. The van der Waals surface area contributed by atoms with Crippen molar-refractivity contribution in [2.75, 3.05) is 45.9 Å². The summed E-state index contributed by atoms with van der Waals surface area (Å²) in [4.78, 5) is 16.5. The van der Waals surface area contributed by atoms with Gasteiger partial charge in [0, 0.05) is 43.3 Å². The zero-order chi connectivity index (χ0) is 14.5. The second-order valence-corrected chi connectivity index (χ2v) is 5.73. The Kier molecular flexibility index (Phi) is 5.81. The predicted molar refractivity (Wildman–Crippen MR) is 80.8 cm³/mol. The Morgan fingerprint density at radius 1 is 1.15 bits per heavy atom. The van der Waals surface area contributed by atoms with E-state index in [0.717, 1.165) is 26.2 Å². The highest BCUT2D eigenvalue weighted by atomic mass is 35.5. The van der Waals surface area contributed by atoms with Gasteiger partial charge in [0.2, 0.25) is 0 Å². The standard InChI is InChI=1S/C14H18Cl2N2O2/c15-11-1-2-12(13(16)9-11)14(20)10-18-5-3-17(4-6-18)7-8-19/h1-2,9,19H,3-8,10H2. The van der Waals surface area contributed by atoms with Gasteiger partial charge in [-0.05, 0) is 18.2 Å². The van der Waals surface area contributed by atoms with Crippen LogP contribution in [0.3, 0.4) is 0 Å². The minimum atomic E-state index is 0.0160. The molecule has 2 rings (SSSR count). The number of Topliss-reactive ketones (excluding diaryl/α,β-unsaturated/α-hetero) is 1. The summed E-state index contributed by atoms with van der Waals surface area (Å²) in [7, 11) is 0. The molecule has 1 aromatic carbocycles. The zero-order valence-electron chi connectivity index (χ0n) is 11.2. The number of carbonyl (C=O) groups excluding carboxylic acids is 1. The third-order valence-corrected chi connectivity index (χ3v) is 4.03. The van der Waals surface area contributed by atoms with Gasteiger partial charge in [-0.1, -0.05) is 23.2 Å². The van der Waals surface area contributed by atoms with E-state index < -0.39 is 0 Å². The molecule has 0 unspecified atom stereocenters. The van der Waals surface area contributed by atoms with Crippen molar-refractivity contribution in [1.82, 2.24) is 9.80 Å². The van der Waals surface area contributed by atoms with Gasteiger partial charge in [0.05, 0.1) is 18.2 Å². The average Bonchev–Trinajstić information content (AvgIpc) is 2.41. The van der Waals surface area contributed by atoms with Crippen LogP contribution in [0.5, 0.6) is 0 Å². The Morgan fingerprint density at radius 3 is 2.40 bits per heavy atom. The van der Waals surface area contributed by atoms with Crippen LogP contribution in [0, 0.1) is 0 Å². The van der Waals surface area contributed by atoms with E-state index in [0.29, 0.717) is 28.7 Å². The SMILES string of the molecule is O=C(CN1CCN(CCO)CC1)c1ccc(Cl)cc1Cl. The Bertz CT molecular complexity index is 474. The van der Waals surface area contributed by atoms with Crippen LogP contribution in [0.4, 0.5) is 0 Å². The Balaban J connectivity index is 1.89. The van der Waals surface area contributed by atoms with Gasteiger partial charge in [-0.3, -0.25) is 14.6 Å². The van der Waals surface area contributed by atoms with Crippen LogP contribution < -0.4 is 0 Å². The summed E-state index contributed by atoms with van der Waals surface area (Å²) in [5.74, 6) is 0.0160. The average molecular weight is 317 g/mol. The molecule has 1 saturated heterocycles. The van der Waals surface area contributed by atoms with Crippen molar-refractivity contribution < 1.29 is 9.90 Å². The number of aliphatic hydroxyl groups is 1. The largest absolute Gasteiger partial charge is 0.395 e. The molecule has 0 aliphatic carbocycles. The van der Waals surface area contributed by atoms with E-state index in [1.54, 1.807) is 18.2 Å². The highest BCUT2D eigenvalue weighted by Crippen LogP contribution is 2.21.